The van der Waals surface area contributed by atoms with Gasteiger partial charge < -0.3 is 10.5 Å². The van der Waals surface area contributed by atoms with E-state index in [1.807, 2.05) is 0 Å². The maximum atomic E-state index is 13.1. The van der Waals surface area contributed by atoms with E-state index >= 15 is 0 Å². The average molecular weight is 453 g/mol. The molecule has 0 bridgehead atoms. The Morgan fingerprint density at radius 2 is 2.06 bits per heavy atom. The summed E-state index contributed by atoms with van der Waals surface area (Å²) in [6.07, 6.45) is -3.40. The molecule has 0 fully saturated rings. The van der Waals surface area contributed by atoms with Crippen LogP contribution in [-0.2, 0) is 18.1 Å². The number of primary amides is 1. The quantitative estimate of drug-likeness (QED) is 0.501. The van der Waals surface area contributed by atoms with Crippen molar-refractivity contribution in [3.05, 3.63) is 47.9 Å². The van der Waals surface area contributed by atoms with E-state index in [1.165, 1.54) is 30.3 Å². The van der Waals surface area contributed by atoms with Crippen molar-refractivity contribution in [1.29, 1.82) is 0 Å². The Balaban J connectivity index is 1.93. The van der Waals surface area contributed by atoms with Crippen LogP contribution in [0.3, 0.4) is 0 Å². The van der Waals surface area contributed by atoms with Crippen molar-refractivity contribution < 1.29 is 27.1 Å². The van der Waals surface area contributed by atoms with Crippen molar-refractivity contribution in [2.75, 3.05) is 20.2 Å². The molecular formula is C21H23F4N5O2. The molecule has 2 N–H and O–H groups in total. The van der Waals surface area contributed by atoms with Crippen molar-refractivity contribution in [2.24, 2.45) is 5.73 Å². The lowest BCUT2D eigenvalue weighted by atomic mass is 10.0. The summed E-state index contributed by atoms with van der Waals surface area (Å²) in [4.78, 5) is 17.6. The van der Waals surface area contributed by atoms with Gasteiger partial charge >= 0.3 is 6.18 Å². The van der Waals surface area contributed by atoms with Gasteiger partial charge in [0.2, 0.25) is 0 Å². The third kappa shape index (κ3) is 5.40. The lowest BCUT2D eigenvalue weighted by Crippen LogP contribution is -2.41. The molecule has 3 rings (SSSR count). The fourth-order valence-corrected chi connectivity index (χ4v) is 3.42. The van der Waals surface area contributed by atoms with Crippen LogP contribution in [0.1, 0.15) is 23.0 Å². The number of carbonyl (C=O) groups is 1. The van der Waals surface area contributed by atoms with Crippen molar-refractivity contribution in [1.82, 2.24) is 19.7 Å². The van der Waals surface area contributed by atoms with Crippen molar-refractivity contribution in [3.8, 4) is 11.1 Å². The van der Waals surface area contributed by atoms with Crippen LogP contribution in [0.2, 0.25) is 0 Å². The zero-order valence-corrected chi connectivity index (χ0v) is 17.6. The van der Waals surface area contributed by atoms with Gasteiger partial charge in [-0.15, -0.1) is 0 Å². The second-order valence-corrected chi connectivity index (χ2v) is 7.34. The maximum absolute atomic E-state index is 13.1. The third-order valence-corrected chi connectivity index (χ3v) is 4.86. The number of hydrogen-bond donors (Lipinski definition) is 1. The summed E-state index contributed by atoms with van der Waals surface area (Å²) in [5, 5.41) is 4.58. The van der Waals surface area contributed by atoms with E-state index in [4.69, 9.17) is 10.5 Å². The first kappa shape index (κ1) is 23.6. The monoisotopic (exact) mass is 453 g/mol. The second-order valence-electron chi connectivity index (χ2n) is 7.34. The standard InChI is InChI=1S/C21H23F4N5O2/c1-3-32-19(21(23,24)25)11-29(2)9-13-4-5-15-16(14-8-27-30(10-14)12-22)7-18(20(26)31)28-17(15)6-13/h4-8,10,19H,3,9,11-12H2,1-2H3,(H2,26,31)/t19-/m0/s1. The first-order valence-corrected chi connectivity index (χ1v) is 9.81. The highest BCUT2D eigenvalue weighted by Crippen LogP contribution is 2.30. The highest BCUT2D eigenvalue weighted by molar-refractivity contribution is 6.00. The molecule has 0 aliphatic heterocycles. The van der Waals surface area contributed by atoms with E-state index in [-0.39, 0.29) is 25.4 Å². The molecule has 0 aliphatic carbocycles. The number of likely N-dealkylation sites (N-methyl/N-ethyl adjacent to an activating group) is 1. The van der Waals surface area contributed by atoms with Crippen LogP contribution in [0.25, 0.3) is 22.0 Å². The molecular weight excluding hydrogens is 430 g/mol. The van der Waals surface area contributed by atoms with Gasteiger partial charge in [0, 0.05) is 36.8 Å². The van der Waals surface area contributed by atoms with Crippen molar-refractivity contribution in [2.45, 2.75) is 32.5 Å². The lowest BCUT2D eigenvalue weighted by molar-refractivity contribution is -0.223. The highest BCUT2D eigenvalue weighted by Gasteiger charge is 2.40. The number of aromatic nitrogens is 3. The van der Waals surface area contributed by atoms with Crippen LogP contribution in [-0.4, -0.2) is 58.1 Å². The Kier molecular flexibility index (Phi) is 7.09. The predicted molar refractivity (Wildman–Crippen MR) is 110 cm³/mol. The molecule has 32 heavy (non-hydrogen) atoms. The largest absolute Gasteiger partial charge is 0.415 e. The molecule has 3 aromatic rings. The minimum atomic E-state index is -4.47. The summed E-state index contributed by atoms with van der Waals surface area (Å²) in [6, 6.07) is 6.70. The Bertz CT molecular complexity index is 1100. The van der Waals surface area contributed by atoms with Crippen LogP contribution in [0.15, 0.2) is 36.7 Å². The number of halogens is 4. The van der Waals surface area contributed by atoms with Gasteiger partial charge in [0.05, 0.1) is 11.7 Å². The topological polar surface area (TPSA) is 86.3 Å². The maximum Gasteiger partial charge on any atom is 0.415 e. The Morgan fingerprint density at radius 3 is 2.66 bits per heavy atom. The number of alkyl halides is 4. The molecule has 0 spiro atoms. The van der Waals surface area contributed by atoms with Crippen molar-refractivity contribution in [3.63, 3.8) is 0 Å². The number of amides is 1. The minimum Gasteiger partial charge on any atom is -0.368 e. The van der Waals surface area contributed by atoms with Gasteiger partial charge in [-0.1, -0.05) is 12.1 Å². The first-order valence-electron chi connectivity index (χ1n) is 9.81. The number of carbonyl (C=O) groups excluding carboxylic acids is 1. The summed E-state index contributed by atoms with van der Waals surface area (Å²) >= 11 is 0. The molecule has 0 saturated heterocycles. The van der Waals surface area contributed by atoms with Gasteiger partial charge in [0.25, 0.3) is 5.91 Å². The lowest BCUT2D eigenvalue weighted by Gasteiger charge is -2.25. The minimum absolute atomic E-state index is 0.0134. The van der Waals surface area contributed by atoms with Gasteiger partial charge in [-0.25, -0.2) is 14.1 Å². The summed E-state index contributed by atoms with van der Waals surface area (Å²) < 4.78 is 58.2. The zero-order valence-electron chi connectivity index (χ0n) is 17.6. The molecule has 0 aliphatic rings. The van der Waals surface area contributed by atoms with E-state index in [9.17, 15) is 22.4 Å². The van der Waals surface area contributed by atoms with Crippen molar-refractivity contribution >= 4 is 16.8 Å². The number of benzene rings is 1. The van der Waals surface area contributed by atoms with E-state index in [0.717, 1.165) is 4.68 Å². The fourth-order valence-electron chi connectivity index (χ4n) is 3.42. The second kappa shape index (κ2) is 9.61. The SMILES string of the molecule is CCO[C@@H](CN(C)Cc1ccc2c(-c3cnn(CF)c3)cc(C(N)=O)nc2c1)C(F)(F)F. The molecule has 0 unspecified atom stereocenters. The van der Waals surface area contributed by atoms with Crippen LogP contribution in [0, 0.1) is 0 Å². The Labute approximate surface area is 181 Å². The van der Waals surface area contributed by atoms with E-state index in [0.29, 0.717) is 27.6 Å². The number of nitrogens with zero attached hydrogens (tertiary/aromatic N) is 4. The summed E-state index contributed by atoms with van der Waals surface area (Å²) in [5.41, 5.74) is 7.73. The molecule has 1 amide bonds. The molecule has 11 heteroatoms. The third-order valence-electron chi connectivity index (χ3n) is 4.86. The number of nitrogens with two attached hydrogens (primary N) is 1. The smallest absolute Gasteiger partial charge is 0.368 e. The van der Waals surface area contributed by atoms with Crippen LogP contribution < -0.4 is 5.73 Å². The average Bonchev–Trinajstić information content (AvgIpc) is 3.20. The molecule has 1 atom stereocenters. The van der Waals surface area contributed by atoms with Crippen LogP contribution >= 0.6 is 0 Å². The van der Waals surface area contributed by atoms with Gasteiger partial charge in [0.1, 0.15) is 5.69 Å². The number of rotatable bonds is 9. The predicted octanol–water partition coefficient (Wildman–Crippen LogP) is 3.52. The Morgan fingerprint density at radius 1 is 1.31 bits per heavy atom. The summed E-state index contributed by atoms with van der Waals surface area (Å²) in [7, 11) is 1.56. The molecule has 0 radical (unpaired) electrons. The van der Waals surface area contributed by atoms with Gasteiger partial charge in [0.15, 0.2) is 12.9 Å². The van der Waals surface area contributed by atoms with Gasteiger partial charge in [-0.05, 0) is 37.2 Å². The fraction of sp³-hybridized carbons (Fsp3) is 0.381. The first-order chi connectivity index (χ1) is 15.1. The van der Waals surface area contributed by atoms with Crippen LogP contribution in [0.5, 0.6) is 0 Å². The van der Waals surface area contributed by atoms with Crippen LogP contribution in [0.4, 0.5) is 17.6 Å². The van der Waals surface area contributed by atoms with Gasteiger partial charge in [-0.2, -0.15) is 18.3 Å². The molecule has 0 saturated carbocycles. The molecule has 1 aromatic carbocycles. The zero-order chi connectivity index (χ0) is 23.5. The molecule has 2 aromatic heterocycles. The van der Waals surface area contributed by atoms with E-state index < -0.39 is 25.0 Å². The van der Waals surface area contributed by atoms with E-state index in [1.54, 1.807) is 25.2 Å². The molecule has 172 valence electrons. The number of hydrogen-bond acceptors (Lipinski definition) is 5. The van der Waals surface area contributed by atoms with Gasteiger partial charge in [-0.3, -0.25) is 9.69 Å². The number of fused-ring (bicyclic) bond motifs is 1. The number of ether oxygens (including phenoxy) is 1. The number of pyridine rings is 1. The van der Waals surface area contributed by atoms with E-state index in [2.05, 4.69) is 10.1 Å². The summed E-state index contributed by atoms with van der Waals surface area (Å²) in [6.45, 7) is 0.530. The molecule has 7 nitrogen and oxygen atoms in total. The summed E-state index contributed by atoms with van der Waals surface area (Å²) in [5.74, 6) is -0.738. The Hall–Kier alpha value is -3.05. The normalized spacial score (nSPS) is 13.1. The molecule has 2 heterocycles. The highest BCUT2D eigenvalue weighted by atomic mass is 19.4.